The number of rotatable bonds is 4. The van der Waals surface area contributed by atoms with E-state index in [-0.39, 0.29) is 23.9 Å². The molecule has 0 radical (unpaired) electrons. The van der Waals surface area contributed by atoms with Gasteiger partial charge in [-0.3, -0.25) is 19.6 Å². The van der Waals surface area contributed by atoms with Crippen LogP contribution in [0.1, 0.15) is 5.89 Å². The monoisotopic (exact) mass is 340 g/mol. The molecule has 0 N–H and O–H groups in total. The van der Waals surface area contributed by atoms with Crippen LogP contribution in [-0.4, -0.2) is 29.6 Å². The molecule has 0 amide bonds. The predicted molar refractivity (Wildman–Crippen MR) is 81.6 cm³/mol. The van der Waals surface area contributed by atoms with E-state index in [1.807, 2.05) is 0 Å². The van der Waals surface area contributed by atoms with Crippen molar-refractivity contribution in [1.82, 2.24) is 24.7 Å². The summed E-state index contributed by atoms with van der Waals surface area (Å²) in [7, 11) is 0. The summed E-state index contributed by atoms with van der Waals surface area (Å²) in [4.78, 5) is 34.4. The fourth-order valence-corrected chi connectivity index (χ4v) is 2.29. The molecule has 0 fully saturated rings. The van der Waals surface area contributed by atoms with E-state index in [1.165, 1.54) is 41.4 Å². The third kappa shape index (κ3) is 2.63. The van der Waals surface area contributed by atoms with Gasteiger partial charge in [-0.25, -0.2) is 19.3 Å². The van der Waals surface area contributed by atoms with E-state index < -0.39 is 10.7 Å². The molecule has 0 saturated carbocycles. The molecule has 0 spiro atoms. The van der Waals surface area contributed by atoms with Gasteiger partial charge in [0.1, 0.15) is 17.8 Å². The number of oxazole rings is 1. The number of fused-ring (bicyclic) bond motifs is 1. The van der Waals surface area contributed by atoms with E-state index in [2.05, 4.69) is 24.6 Å². The largest absolute Gasteiger partial charge is 0.442 e. The summed E-state index contributed by atoms with van der Waals surface area (Å²) in [5.41, 5.74) is 0.927. The molecule has 0 aliphatic rings. The van der Waals surface area contributed by atoms with Crippen molar-refractivity contribution in [3.8, 4) is 11.5 Å². The van der Waals surface area contributed by atoms with Gasteiger partial charge < -0.3 is 4.42 Å². The Balaban J connectivity index is 1.74. The first-order valence-corrected chi connectivity index (χ1v) is 6.98. The summed E-state index contributed by atoms with van der Waals surface area (Å²) in [6.07, 6.45) is 4.38. The maximum absolute atomic E-state index is 11.9. The Bertz CT molecular complexity index is 1130. The van der Waals surface area contributed by atoms with Crippen LogP contribution in [0.2, 0.25) is 0 Å². The topological polar surface area (TPSA) is 143 Å². The molecule has 4 aromatic rings. The van der Waals surface area contributed by atoms with Gasteiger partial charge >= 0.3 is 5.76 Å². The minimum Gasteiger partial charge on any atom is -0.439 e. The molecule has 11 nitrogen and oxygen atoms in total. The highest BCUT2D eigenvalue weighted by atomic mass is 16.6. The fraction of sp³-hybridized carbons (Fsp3) is 0.0714. The number of hydrogen-bond donors (Lipinski definition) is 0. The van der Waals surface area contributed by atoms with E-state index in [1.54, 1.807) is 0 Å². The number of nitro benzene ring substituents is 1. The average Bonchev–Trinajstić information content (AvgIpc) is 3.18. The first-order chi connectivity index (χ1) is 12.1. The number of nitro groups is 1. The van der Waals surface area contributed by atoms with Crippen LogP contribution < -0.4 is 5.76 Å². The standard InChI is InChI=1S/C14H8N6O5/c21-14-19(13(18-25-14)10-6-15-3-4-16-10)7-12-17-9-5-8(20(22)23)1-2-11(9)24-12/h1-6H,7H2. The Morgan fingerprint density at radius 2 is 2.16 bits per heavy atom. The van der Waals surface area contributed by atoms with Crippen LogP contribution in [0.3, 0.4) is 0 Å². The highest BCUT2D eigenvalue weighted by Crippen LogP contribution is 2.22. The number of benzene rings is 1. The Labute approximate surface area is 137 Å². The van der Waals surface area contributed by atoms with Gasteiger partial charge in [0, 0.05) is 24.5 Å². The highest BCUT2D eigenvalue weighted by molar-refractivity contribution is 5.75. The highest BCUT2D eigenvalue weighted by Gasteiger charge is 2.18. The molecule has 25 heavy (non-hydrogen) atoms. The lowest BCUT2D eigenvalue weighted by atomic mass is 10.3. The van der Waals surface area contributed by atoms with Crippen LogP contribution in [0.15, 0.2) is 50.5 Å². The number of aromatic nitrogens is 5. The normalized spacial score (nSPS) is 11.0. The molecule has 0 bridgehead atoms. The van der Waals surface area contributed by atoms with Crippen LogP contribution in [0.25, 0.3) is 22.6 Å². The summed E-state index contributed by atoms with van der Waals surface area (Å²) in [5, 5.41) is 14.5. The van der Waals surface area contributed by atoms with Gasteiger partial charge in [-0.1, -0.05) is 5.16 Å². The lowest BCUT2D eigenvalue weighted by molar-refractivity contribution is -0.384. The lowest BCUT2D eigenvalue weighted by Crippen LogP contribution is -2.16. The summed E-state index contributed by atoms with van der Waals surface area (Å²) in [6, 6.07) is 4.06. The molecule has 4 rings (SSSR count). The van der Waals surface area contributed by atoms with Crippen molar-refractivity contribution in [1.29, 1.82) is 0 Å². The van der Waals surface area contributed by atoms with Gasteiger partial charge in [0.2, 0.25) is 11.7 Å². The van der Waals surface area contributed by atoms with Gasteiger partial charge in [-0.05, 0) is 6.07 Å². The van der Waals surface area contributed by atoms with E-state index in [0.717, 1.165) is 0 Å². The fourth-order valence-electron chi connectivity index (χ4n) is 2.29. The first-order valence-electron chi connectivity index (χ1n) is 6.98. The zero-order valence-electron chi connectivity index (χ0n) is 12.4. The first kappa shape index (κ1) is 14.7. The van der Waals surface area contributed by atoms with Gasteiger partial charge in [0.05, 0.1) is 11.1 Å². The second kappa shape index (κ2) is 5.63. The molecule has 11 heteroatoms. The summed E-state index contributed by atoms with van der Waals surface area (Å²) < 4.78 is 11.4. The van der Waals surface area contributed by atoms with Gasteiger partial charge in [0.25, 0.3) is 5.69 Å². The van der Waals surface area contributed by atoms with Crippen molar-refractivity contribution in [2.75, 3.05) is 0 Å². The third-order valence-corrected chi connectivity index (χ3v) is 3.40. The maximum Gasteiger partial charge on any atom is 0.442 e. The van der Waals surface area contributed by atoms with E-state index in [4.69, 9.17) is 4.42 Å². The molecule has 0 aliphatic carbocycles. The van der Waals surface area contributed by atoms with Crippen LogP contribution in [0.4, 0.5) is 5.69 Å². The molecule has 3 aromatic heterocycles. The van der Waals surface area contributed by atoms with E-state index in [0.29, 0.717) is 16.8 Å². The SMILES string of the molecule is O=c1onc(-c2cnccn2)n1Cc1nc2cc([N+](=O)[O-])ccc2o1. The van der Waals surface area contributed by atoms with E-state index >= 15 is 0 Å². The molecule has 124 valence electrons. The smallest absolute Gasteiger partial charge is 0.439 e. The second-order valence-corrected chi connectivity index (χ2v) is 4.97. The van der Waals surface area contributed by atoms with E-state index in [9.17, 15) is 14.9 Å². The number of non-ortho nitro benzene ring substituents is 1. The average molecular weight is 340 g/mol. The molecule has 0 saturated heterocycles. The second-order valence-electron chi connectivity index (χ2n) is 4.97. The lowest BCUT2D eigenvalue weighted by Gasteiger charge is -2.00. The predicted octanol–water partition coefficient (Wildman–Crippen LogP) is 1.39. The Morgan fingerprint density at radius 3 is 2.92 bits per heavy atom. The maximum atomic E-state index is 11.9. The van der Waals surface area contributed by atoms with Crippen LogP contribution in [0, 0.1) is 10.1 Å². The van der Waals surface area contributed by atoms with Crippen molar-refractivity contribution in [2.45, 2.75) is 6.54 Å². The molecule has 3 heterocycles. The van der Waals surface area contributed by atoms with Crippen molar-refractivity contribution in [3.05, 3.63) is 63.3 Å². The van der Waals surface area contributed by atoms with Crippen molar-refractivity contribution in [3.63, 3.8) is 0 Å². The van der Waals surface area contributed by atoms with Crippen molar-refractivity contribution >= 4 is 16.8 Å². The van der Waals surface area contributed by atoms with Gasteiger partial charge in [0.15, 0.2) is 5.58 Å². The Morgan fingerprint density at radius 1 is 1.28 bits per heavy atom. The summed E-state index contributed by atoms with van der Waals surface area (Å²) in [6.45, 7) is -0.0727. The molecule has 0 atom stereocenters. The third-order valence-electron chi connectivity index (χ3n) is 3.40. The minimum atomic E-state index is -0.714. The van der Waals surface area contributed by atoms with Gasteiger partial charge in [-0.15, -0.1) is 0 Å². The quantitative estimate of drug-likeness (QED) is 0.397. The molecular formula is C14H8N6O5. The number of hydrogen-bond acceptors (Lipinski definition) is 9. The number of nitrogens with zero attached hydrogens (tertiary/aromatic N) is 6. The van der Waals surface area contributed by atoms with Gasteiger partial charge in [-0.2, -0.15) is 0 Å². The van der Waals surface area contributed by atoms with Crippen LogP contribution in [-0.2, 0) is 6.54 Å². The molecule has 0 unspecified atom stereocenters. The zero-order valence-corrected chi connectivity index (χ0v) is 12.4. The van der Waals surface area contributed by atoms with Crippen molar-refractivity contribution in [2.24, 2.45) is 0 Å². The summed E-state index contributed by atoms with van der Waals surface area (Å²) in [5.74, 6) is -0.369. The van der Waals surface area contributed by atoms with Crippen molar-refractivity contribution < 1.29 is 13.9 Å². The molecule has 1 aromatic carbocycles. The zero-order chi connectivity index (χ0) is 17.4. The Kier molecular flexibility index (Phi) is 3.31. The van der Waals surface area contributed by atoms with Crippen LogP contribution in [0.5, 0.6) is 0 Å². The Hall–Kier alpha value is -3.89. The molecular weight excluding hydrogens is 332 g/mol. The minimum absolute atomic E-state index is 0.0727. The summed E-state index contributed by atoms with van der Waals surface area (Å²) >= 11 is 0. The van der Waals surface area contributed by atoms with Crippen LogP contribution >= 0.6 is 0 Å². The molecule has 0 aliphatic heterocycles.